The van der Waals surface area contributed by atoms with E-state index in [4.69, 9.17) is 46.4 Å². The zero-order valence-corrected chi connectivity index (χ0v) is 23.8. The van der Waals surface area contributed by atoms with Crippen LogP contribution in [-0.4, -0.2) is 29.6 Å². The molecule has 0 saturated carbocycles. The number of halogens is 4. The Kier molecular flexibility index (Phi) is 8.50. The third kappa shape index (κ3) is 5.91. The van der Waals surface area contributed by atoms with Crippen molar-refractivity contribution in [2.45, 2.75) is 31.3 Å². The van der Waals surface area contributed by atoms with Crippen molar-refractivity contribution in [1.82, 2.24) is 9.78 Å². The molecule has 1 N–H and O–H groups in total. The molecule has 0 unspecified atom stereocenters. The highest BCUT2D eigenvalue weighted by Crippen LogP contribution is 2.43. The van der Waals surface area contributed by atoms with Crippen molar-refractivity contribution < 1.29 is 13.5 Å². The SMILES string of the molecule is C=C/C=C(Cl)\C(=C(/C)Cl)n1nc(C(C)(C)O)c(Cl)c1-c1ccc(-c2cccc(S(C)(=O)=O)c2)cc1Cl. The minimum absolute atomic E-state index is 0.176. The van der Waals surface area contributed by atoms with Crippen molar-refractivity contribution in [1.29, 1.82) is 0 Å². The molecule has 0 spiro atoms. The van der Waals surface area contributed by atoms with Gasteiger partial charge in [-0.1, -0.05) is 83.3 Å². The van der Waals surface area contributed by atoms with Gasteiger partial charge >= 0.3 is 0 Å². The van der Waals surface area contributed by atoms with E-state index in [1.54, 1.807) is 63.2 Å². The summed E-state index contributed by atoms with van der Waals surface area (Å²) in [5.41, 5.74) is 1.43. The highest BCUT2D eigenvalue weighted by molar-refractivity contribution is 7.90. The molecule has 0 saturated heterocycles. The van der Waals surface area contributed by atoms with Crippen LogP contribution in [0.15, 0.2) is 76.2 Å². The minimum Gasteiger partial charge on any atom is -0.384 e. The molecule has 0 atom stereocenters. The number of aliphatic hydroxyl groups is 1. The fraction of sp³-hybridized carbons (Fsp3) is 0.192. The van der Waals surface area contributed by atoms with Crippen molar-refractivity contribution >= 4 is 61.9 Å². The summed E-state index contributed by atoms with van der Waals surface area (Å²) in [6.07, 6.45) is 4.23. The van der Waals surface area contributed by atoms with Crippen LogP contribution in [0.25, 0.3) is 28.1 Å². The molecular formula is C26H24Cl4N2O3S. The number of rotatable bonds is 7. The fourth-order valence-corrected chi connectivity index (χ4v) is 5.50. The van der Waals surface area contributed by atoms with Gasteiger partial charge in [0.1, 0.15) is 11.3 Å². The molecule has 2 aromatic carbocycles. The van der Waals surface area contributed by atoms with Gasteiger partial charge in [0.2, 0.25) is 0 Å². The van der Waals surface area contributed by atoms with Crippen molar-refractivity contribution in [2.75, 3.05) is 6.26 Å². The average molecular weight is 586 g/mol. The van der Waals surface area contributed by atoms with Gasteiger partial charge in [-0.15, -0.1) is 0 Å². The van der Waals surface area contributed by atoms with Crippen molar-refractivity contribution in [3.05, 3.63) is 87.0 Å². The highest BCUT2D eigenvalue weighted by atomic mass is 35.5. The van der Waals surface area contributed by atoms with E-state index in [0.717, 1.165) is 6.26 Å². The van der Waals surface area contributed by atoms with Gasteiger partial charge in [0, 0.05) is 16.9 Å². The van der Waals surface area contributed by atoms with Crippen LogP contribution in [0.2, 0.25) is 10.0 Å². The van der Waals surface area contributed by atoms with Crippen molar-refractivity contribution in [2.24, 2.45) is 0 Å². The predicted molar refractivity (Wildman–Crippen MR) is 150 cm³/mol. The summed E-state index contributed by atoms with van der Waals surface area (Å²) in [5, 5.41) is 16.3. The van der Waals surface area contributed by atoms with Crippen LogP contribution in [0, 0.1) is 0 Å². The maximum Gasteiger partial charge on any atom is 0.175 e. The number of benzene rings is 2. The van der Waals surface area contributed by atoms with Gasteiger partial charge in [-0.2, -0.15) is 5.10 Å². The van der Waals surface area contributed by atoms with E-state index < -0.39 is 15.4 Å². The van der Waals surface area contributed by atoms with E-state index in [0.29, 0.717) is 38.1 Å². The lowest BCUT2D eigenvalue weighted by molar-refractivity contribution is 0.0736. The molecule has 0 radical (unpaired) electrons. The van der Waals surface area contributed by atoms with Crippen LogP contribution in [0.1, 0.15) is 26.5 Å². The lowest BCUT2D eigenvalue weighted by atomic mass is 10.0. The Balaban J connectivity index is 2.29. The third-order valence-electron chi connectivity index (χ3n) is 5.26. The lowest BCUT2D eigenvalue weighted by Crippen LogP contribution is -2.17. The molecule has 0 aliphatic carbocycles. The van der Waals surface area contributed by atoms with Gasteiger partial charge in [0.25, 0.3) is 0 Å². The Morgan fingerprint density at radius 1 is 1.11 bits per heavy atom. The summed E-state index contributed by atoms with van der Waals surface area (Å²) >= 11 is 26.4. The molecule has 0 aliphatic rings. The summed E-state index contributed by atoms with van der Waals surface area (Å²) in [4.78, 5) is 0.201. The summed E-state index contributed by atoms with van der Waals surface area (Å²) < 4.78 is 25.4. The van der Waals surface area contributed by atoms with E-state index >= 15 is 0 Å². The molecule has 1 heterocycles. The maximum absolute atomic E-state index is 12.0. The summed E-state index contributed by atoms with van der Waals surface area (Å²) in [7, 11) is -3.38. The Hall–Kier alpha value is -2.06. The predicted octanol–water partition coefficient (Wildman–Crippen LogP) is 7.89. The van der Waals surface area contributed by atoms with E-state index in [9.17, 15) is 13.5 Å². The molecule has 3 aromatic rings. The Morgan fingerprint density at radius 2 is 1.75 bits per heavy atom. The van der Waals surface area contributed by atoms with E-state index in [1.807, 2.05) is 0 Å². The lowest BCUT2D eigenvalue weighted by Gasteiger charge is -2.15. The van der Waals surface area contributed by atoms with Crippen LogP contribution < -0.4 is 0 Å². The Labute approximate surface area is 231 Å². The monoisotopic (exact) mass is 584 g/mol. The first-order valence-corrected chi connectivity index (χ1v) is 14.0. The molecule has 36 heavy (non-hydrogen) atoms. The van der Waals surface area contributed by atoms with Crippen LogP contribution in [-0.2, 0) is 15.4 Å². The molecule has 0 aliphatic heterocycles. The van der Waals surface area contributed by atoms with Crippen LogP contribution in [0.3, 0.4) is 0 Å². The summed E-state index contributed by atoms with van der Waals surface area (Å²) in [6.45, 7) is 8.45. The molecule has 190 valence electrons. The van der Waals surface area contributed by atoms with Gasteiger partial charge in [-0.05, 0) is 56.2 Å². The van der Waals surface area contributed by atoms with Gasteiger partial charge in [0.05, 0.1) is 31.4 Å². The number of allylic oxidation sites excluding steroid dienone is 5. The van der Waals surface area contributed by atoms with Gasteiger partial charge in [0.15, 0.2) is 9.84 Å². The Morgan fingerprint density at radius 3 is 2.28 bits per heavy atom. The smallest absolute Gasteiger partial charge is 0.175 e. The van der Waals surface area contributed by atoms with Crippen molar-refractivity contribution in [3.8, 4) is 22.4 Å². The standard InChI is InChI=1S/C26H24Cl4N2O3S/c1-6-8-20(28)23(15(2)27)32-24(22(30)25(31-32)26(3,4)33)19-12-11-17(14-21(19)29)16-9-7-10-18(13-16)36(5,34)35/h6-14,33H,1H2,2-5H3/b20-8+,23-15-. The molecule has 0 bridgehead atoms. The second-order valence-electron chi connectivity index (χ2n) is 8.61. The summed E-state index contributed by atoms with van der Waals surface area (Å²) in [6, 6.07) is 11.8. The minimum atomic E-state index is -3.38. The van der Waals surface area contributed by atoms with Gasteiger partial charge < -0.3 is 5.11 Å². The van der Waals surface area contributed by atoms with Crippen LogP contribution in [0.4, 0.5) is 0 Å². The third-order valence-corrected chi connectivity index (χ3v) is 7.52. The maximum atomic E-state index is 12.0. The number of aromatic nitrogens is 2. The molecule has 5 nitrogen and oxygen atoms in total. The average Bonchev–Trinajstić information content (AvgIpc) is 3.10. The normalized spacial score (nSPS) is 13.5. The van der Waals surface area contributed by atoms with Crippen molar-refractivity contribution in [3.63, 3.8) is 0 Å². The fourth-order valence-electron chi connectivity index (χ4n) is 3.57. The first-order chi connectivity index (χ1) is 16.7. The Bertz CT molecular complexity index is 1510. The van der Waals surface area contributed by atoms with Crippen LogP contribution in [0.5, 0.6) is 0 Å². The second-order valence-corrected chi connectivity index (χ2v) is 12.4. The number of hydrogen-bond acceptors (Lipinski definition) is 4. The van der Waals surface area contributed by atoms with Gasteiger partial charge in [-0.3, -0.25) is 0 Å². The zero-order valence-electron chi connectivity index (χ0n) is 20.0. The quantitative estimate of drug-likeness (QED) is 0.286. The number of hydrogen-bond donors (Lipinski definition) is 1. The zero-order chi connectivity index (χ0) is 27.0. The topological polar surface area (TPSA) is 72.2 Å². The van der Waals surface area contributed by atoms with E-state index in [2.05, 4.69) is 11.7 Å². The molecule has 1 aromatic heterocycles. The molecule has 0 fully saturated rings. The number of nitrogens with zero attached hydrogens (tertiary/aromatic N) is 2. The van der Waals surface area contributed by atoms with E-state index in [1.165, 1.54) is 16.8 Å². The highest BCUT2D eigenvalue weighted by Gasteiger charge is 2.31. The summed E-state index contributed by atoms with van der Waals surface area (Å²) in [5.74, 6) is 0. The van der Waals surface area contributed by atoms with Crippen LogP contribution >= 0.6 is 46.4 Å². The number of sulfone groups is 1. The molecule has 10 heteroatoms. The molecule has 3 rings (SSSR count). The van der Waals surface area contributed by atoms with Gasteiger partial charge in [-0.25, -0.2) is 13.1 Å². The molecular weight excluding hydrogens is 562 g/mol. The largest absolute Gasteiger partial charge is 0.384 e. The first-order valence-electron chi connectivity index (χ1n) is 10.6. The molecule has 0 amide bonds. The second kappa shape index (κ2) is 10.7. The first kappa shape index (κ1) is 28.5. The van der Waals surface area contributed by atoms with E-state index in [-0.39, 0.29) is 20.6 Å².